The average Bonchev–Trinajstić information content (AvgIpc) is 2.70. The van der Waals surface area contributed by atoms with Crippen LogP contribution in [0, 0.1) is 13.8 Å². The van der Waals surface area contributed by atoms with Gasteiger partial charge in [-0.1, -0.05) is 17.7 Å². The minimum absolute atomic E-state index is 0.0310. The number of carbonyl (C=O) groups is 2. The highest BCUT2D eigenvalue weighted by Gasteiger charge is 2.29. The van der Waals surface area contributed by atoms with Crippen molar-refractivity contribution in [2.75, 3.05) is 25.1 Å². The van der Waals surface area contributed by atoms with Crippen molar-refractivity contribution in [2.24, 2.45) is 0 Å². The van der Waals surface area contributed by atoms with Gasteiger partial charge in [-0.05, 0) is 38.5 Å². The topological polar surface area (TPSA) is 103 Å². The molecule has 1 aromatic carbocycles. The molecule has 0 fully saturated rings. The molecule has 2 aromatic rings. The first kappa shape index (κ1) is 22.4. The van der Waals surface area contributed by atoms with Gasteiger partial charge in [0.25, 0.3) is 10.0 Å². The standard InChI is InChI=1S/C20H24N2O6S/c1-14-7-9-16(10-8-14)29(25,26)22(11-5-6-19(23)27-3)18-13-21-15(2)12-17(18)20(24)28-4/h7-10,12-13H,5-6,11H2,1-4H3. The molecular weight excluding hydrogens is 396 g/mol. The Hall–Kier alpha value is -2.94. The summed E-state index contributed by atoms with van der Waals surface area (Å²) < 4.78 is 37.3. The molecule has 0 saturated heterocycles. The average molecular weight is 420 g/mol. The normalized spacial score (nSPS) is 11.0. The zero-order valence-electron chi connectivity index (χ0n) is 16.8. The number of methoxy groups -OCH3 is 2. The van der Waals surface area contributed by atoms with Gasteiger partial charge in [-0.2, -0.15) is 0 Å². The SMILES string of the molecule is COC(=O)CCCN(c1cnc(C)cc1C(=O)OC)S(=O)(=O)c1ccc(C)cc1. The summed E-state index contributed by atoms with van der Waals surface area (Å²) in [7, 11) is -1.53. The summed E-state index contributed by atoms with van der Waals surface area (Å²) in [4.78, 5) is 28.0. The zero-order chi connectivity index (χ0) is 21.6. The molecule has 9 heteroatoms. The summed E-state index contributed by atoms with van der Waals surface area (Å²) in [6.45, 7) is 3.50. The summed E-state index contributed by atoms with van der Waals surface area (Å²) in [6.07, 6.45) is 1.56. The Morgan fingerprint density at radius 2 is 1.72 bits per heavy atom. The molecular formula is C20H24N2O6S. The maximum absolute atomic E-state index is 13.4. The Labute approximate surface area is 170 Å². The van der Waals surface area contributed by atoms with Crippen molar-refractivity contribution in [1.82, 2.24) is 4.98 Å². The van der Waals surface area contributed by atoms with Crippen molar-refractivity contribution in [1.29, 1.82) is 0 Å². The van der Waals surface area contributed by atoms with Crippen molar-refractivity contribution >= 4 is 27.6 Å². The molecule has 0 saturated carbocycles. The van der Waals surface area contributed by atoms with Crippen molar-refractivity contribution in [3.05, 3.63) is 53.3 Å². The van der Waals surface area contributed by atoms with Crippen LogP contribution < -0.4 is 4.31 Å². The number of ether oxygens (including phenoxy) is 2. The van der Waals surface area contributed by atoms with Gasteiger partial charge in [-0.3, -0.25) is 14.1 Å². The van der Waals surface area contributed by atoms with E-state index in [4.69, 9.17) is 4.74 Å². The minimum Gasteiger partial charge on any atom is -0.469 e. The highest BCUT2D eigenvalue weighted by molar-refractivity contribution is 7.92. The second-order valence-corrected chi connectivity index (χ2v) is 8.27. The summed E-state index contributed by atoms with van der Waals surface area (Å²) >= 11 is 0. The minimum atomic E-state index is -4.02. The molecule has 0 bridgehead atoms. The first-order valence-electron chi connectivity index (χ1n) is 8.92. The predicted molar refractivity (Wildman–Crippen MR) is 107 cm³/mol. The second kappa shape index (κ2) is 9.51. The first-order valence-corrected chi connectivity index (χ1v) is 10.4. The Morgan fingerprint density at radius 1 is 1.07 bits per heavy atom. The van der Waals surface area contributed by atoms with Gasteiger partial charge in [0, 0.05) is 18.7 Å². The van der Waals surface area contributed by atoms with E-state index in [9.17, 15) is 18.0 Å². The van der Waals surface area contributed by atoms with Gasteiger partial charge in [0.1, 0.15) is 0 Å². The summed E-state index contributed by atoms with van der Waals surface area (Å²) in [5.41, 5.74) is 1.62. The van der Waals surface area contributed by atoms with Crippen LogP contribution in [0.25, 0.3) is 0 Å². The molecule has 156 valence electrons. The second-order valence-electron chi connectivity index (χ2n) is 6.40. The Morgan fingerprint density at radius 3 is 2.31 bits per heavy atom. The molecule has 0 spiro atoms. The van der Waals surface area contributed by atoms with E-state index in [2.05, 4.69) is 9.72 Å². The largest absolute Gasteiger partial charge is 0.469 e. The van der Waals surface area contributed by atoms with Crippen LogP contribution in [-0.2, 0) is 24.3 Å². The number of carbonyl (C=O) groups excluding carboxylic acids is 2. The van der Waals surface area contributed by atoms with E-state index in [1.54, 1.807) is 19.1 Å². The van der Waals surface area contributed by atoms with Crippen LogP contribution in [0.15, 0.2) is 41.4 Å². The number of benzene rings is 1. The monoisotopic (exact) mass is 420 g/mol. The number of aryl methyl sites for hydroxylation is 2. The van der Waals surface area contributed by atoms with Crippen LogP contribution >= 0.6 is 0 Å². The highest BCUT2D eigenvalue weighted by atomic mass is 32.2. The number of anilines is 1. The molecule has 0 unspecified atom stereocenters. The van der Waals surface area contributed by atoms with E-state index in [1.165, 1.54) is 38.6 Å². The van der Waals surface area contributed by atoms with E-state index in [1.807, 2.05) is 6.92 Å². The maximum Gasteiger partial charge on any atom is 0.340 e. The van der Waals surface area contributed by atoms with Gasteiger partial charge in [0.05, 0.1) is 36.6 Å². The molecule has 1 aromatic heterocycles. The molecule has 0 aliphatic carbocycles. The third-order valence-electron chi connectivity index (χ3n) is 4.27. The Bertz CT molecular complexity index is 987. The maximum atomic E-state index is 13.4. The van der Waals surface area contributed by atoms with Crippen molar-refractivity contribution in [3.63, 3.8) is 0 Å². The lowest BCUT2D eigenvalue weighted by molar-refractivity contribution is -0.140. The van der Waals surface area contributed by atoms with E-state index in [-0.39, 0.29) is 35.5 Å². The lowest BCUT2D eigenvalue weighted by Crippen LogP contribution is -2.34. The fourth-order valence-electron chi connectivity index (χ4n) is 2.70. The number of aromatic nitrogens is 1. The van der Waals surface area contributed by atoms with Crippen LogP contribution in [0.5, 0.6) is 0 Å². The quantitative estimate of drug-likeness (QED) is 0.605. The number of esters is 2. The lowest BCUT2D eigenvalue weighted by Gasteiger charge is -2.26. The number of sulfonamides is 1. The Balaban J connectivity index is 2.55. The van der Waals surface area contributed by atoms with Gasteiger partial charge < -0.3 is 9.47 Å². The summed E-state index contributed by atoms with van der Waals surface area (Å²) in [6, 6.07) is 7.84. The third kappa shape index (κ3) is 5.32. The fourth-order valence-corrected chi connectivity index (χ4v) is 4.21. The van der Waals surface area contributed by atoms with Crippen molar-refractivity contribution in [2.45, 2.75) is 31.6 Å². The predicted octanol–water partition coefficient (Wildman–Crippen LogP) is 2.63. The molecule has 0 N–H and O–H groups in total. The summed E-state index contributed by atoms with van der Waals surface area (Å²) in [5, 5.41) is 0. The molecule has 0 atom stereocenters. The number of nitrogens with zero attached hydrogens (tertiary/aromatic N) is 2. The first-order chi connectivity index (χ1) is 13.7. The molecule has 8 nitrogen and oxygen atoms in total. The lowest BCUT2D eigenvalue weighted by atomic mass is 10.2. The number of hydrogen-bond acceptors (Lipinski definition) is 7. The van der Waals surface area contributed by atoms with Crippen LogP contribution in [0.2, 0.25) is 0 Å². The summed E-state index contributed by atoms with van der Waals surface area (Å²) in [5.74, 6) is -1.13. The van der Waals surface area contributed by atoms with E-state index in [0.29, 0.717) is 5.69 Å². The van der Waals surface area contributed by atoms with Gasteiger partial charge in [-0.15, -0.1) is 0 Å². The van der Waals surface area contributed by atoms with E-state index >= 15 is 0 Å². The van der Waals surface area contributed by atoms with Gasteiger partial charge in [0.15, 0.2) is 0 Å². The molecule has 0 radical (unpaired) electrons. The zero-order valence-corrected chi connectivity index (χ0v) is 17.7. The molecule has 0 aliphatic rings. The van der Waals surface area contributed by atoms with Crippen molar-refractivity contribution < 1.29 is 27.5 Å². The molecule has 2 rings (SSSR count). The Kier molecular flexibility index (Phi) is 7.33. The van der Waals surface area contributed by atoms with Crippen LogP contribution in [0.3, 0.4) is 0 Å². The van der Waals surface area contributed by atoms with Crippen LogP contribution in [0.1, 0.15) is 34.5 Å². The van der Waals surface area contributed by atoms with Gasteiger partial charge in [-0.25, -0.2) is 13.2 Å². The number of pyridine rings is 1. The van der Waals surface area contributed by atoms with E-state index in [0.717, 1.165) is 9.87 Å². The molecule has 0 aliphatic heterocycles. The number of rotatable bonds is 8. The smallest absolute Gasteiger partial charge is 0.340 e. The van der Waals surface area contributed by atoms with Crippen LogP contribution in [0.4, 0.5) is 5.69 Å². The van der Waals surface area contributed by atoms with Crippen LogP contribution in [-0.4, -0.2) is 46.1 Å². The molecule has 29 heavy (non-hydrogen) atoms. The molecule has 0 amide bonds. The van der Waals surface area contributed by atoms with Gasteiger partial charge >= 0.3 is 11.9 Å². The fraction of sp³-hybridized carbons (Fsp3) is 0.350. The highest BCUT2D eigenvalue weighted by Crippen LogP contribution is 2.28. The van der Waals surface area contributed by atoms with Crippen molar-refractivity contribution in [3.8, 4) is 0 Å². The van der Waals surface area contributed by atoms with E-state index < -0.39 is 22.0 Å². The molecule has 1 heterocycles. The third-order valence-corrected chi connectivity index (χ3v) is 6.10. The number of hydrogen-bond donors (Lipinski definition) is 0. The van der Waals surface area contributed by atoms with Gasteiger partial charge in [0.2, 0.25) is 0 Å².